The van der Waals surface area contributed by atoms with E-state index in [1.165, 1.54) is 44.9 Å². The maximum Gasteiger partial charge on any atom is 0.247 e. The molecule has 0 aliphatic rings. The average molecular weight is 322 g/mol. The summed E-state index contributed by atoms with van der Waals surface area (Å²) >= 11 is 0. The molecule has 0 heterocycles. The lowest BCUT2D eigenvalue weighted by molar-refractivity contribution is -0.118. The van der Waals surface area contributed by atoms with Crippen molar-refractivity contribution in [2.45, 2.75) is 78.2 Å². The number of aliphatic hydroxyl groups excluding tert-OH is 1. The molecule has 3 heteroatoms. The Morgan fingerprint density at radius 1 is 1.04 bits per heavy atom. The van der Waals surface area contributed by atoms with Crippen LogP contribution in [0.5, 0.6) is 0 Å². The van der Waals surface area contributed by atoms with E-state index < -0.39 is 0 Å². The summed E-state index contributed by atoms with van der Waals surface area (Å²) in [5, 5.41) is 11.6. The van der Waals surface area contributed by atoms with Gasteiger partial charge in [-0.25, -0.2) is 0 Å². The minimum Gasteiger partial charge on any atom is -0.394 e. The molecule has 0 rings (SSSR count). The zero-order valence-corrected chi connectivity index (χ0v) is 15.2. The highest BCUT2D eigenvalue weighted by Crippen LogP contribution is 2.08. The SMILES string of the molecule is CCCCCCCCC/C=C/C=C/C=C(\C)C(=O)N[C@@H](C)CO. The van der Waals surface area contributed by atoms with Gasteiger partial charge in [0.15, 0.2) is 0 Å². The Kier molecular flexibility index (Phi) is 14.6. The molecule has 0 aliphatic heterocycles. The molecule has 2 N–H and O–H groups in total. The van der Waals surface area contributed by atoms with E-state index in [-0.39, 0.29) is 18.6 Å². The van der Waals surface area contributed by atoms with Gasteiger partial charge < -0.3 is 10.4 Å². The Morgan fingerprint density at radius 3 is 2.35 bits per heavy atom. The molecule has 0 aromatic rings. The topological polar surface area (TPSA) is 49.3 Å². The molecule has 0 aromatic heterocycles. The van der Waals surface area contributed by atoms with Crippen molar-refractivity contribution in [2.75, 3.05) is 6.61 Å². The fraction of sp³-hybridized carbons (Fsp3) is 0.650. The van der Waals surface area contributed by atoms with Crippen LogP contribution >= 0.6 is 0 Å². The summed E-state index contributed by atoms with van der Waals surface area (Å²) in [6.45, 7) is 5.74. The van der Waals surface area contributed by atoms with Gasteiger partial charge in [-0.1, -0.05) is 75.8 Å². The predicted molar refractivity (Wildman–Crippen MR) is 99.3 cm³/mol. The van der Waals surface area contributed by atoms with E-state index in [2.05, 4.69) is 18.3 Å². The summed E-state index contributed by atoms with van der Waals surface area (Å²) in [5.74, 6) is -0.136. The quantitative estimate of drug-likeness (QED) is 0.294. The highest BCUT2D eigenvalue weighted by Gasteiger charge is 2.06. The number of unbranched alkanes of at least 4 members (excludes halogenated alkanes) is 7. The van der Waals surface area contributed by atoms with E-state index in [0.717, 1.165) is 6.42 Å². The molecule has 132 valence electrons. The van der Waals surface area contributed by atoms with Crippen LogP contribution in [0.25, 0.3) is 0 Å². The number of rotatable bonds is 13. The van der Waals surface area contributed by atoms with Crippen molar-refractivity contribution in [3.8, 4) is 0 Å². The predicted octanol–water partition coefficient (Wildman–Crippen LogP) is 4.68. The number of hydrogen-bond acceptors (Lipinski definition) is 2. The Labute approximate surface area is 142 Å². The maximum absolute atomic E-state index is 11.7. The fourth-order valence-corrected chi connectivity index (χ4v) is 2.12. The molecule has 0 aliphatic carbocycles. The van der Waals surface area contributed by atoms with E-state index in [0.29, 0.717) is 5.57 Å². The Morgan fingerprint density at radius 2 is 1.70 bits per heavy atom. The molecule has 3 nitrogen and oxygen atoms in total. The standard InChI is InChI=1S/C20H35NO2/c1-4-5-6-7-8-9-10-11-12-13-14-15-16-18(2)20(23)21-19(3)17-22/h12-16,19,22H,4-11,17H2,1-3H3,(H,21,23)/b13-12+,15-14+,18-16+/t19-/m0/s1. The molecule has 0 aromatic carbocycles. The third-order valence-electron chi connectivity index (χ3n) is 3.69. The largest absolute Gasteiger partial charge is 0.394 e. The van der Waals surface area contributed by atoms with Crippen LogP contribution in [0.15, 0.2) is 36.0 Å². The van der Waals surface area contributed by atoms with Crippen molar-refractivity contribution in [3.05, 3.63) is 36.0 Å². The van der Waals surface area contributed by atoms with Gasteiger partial charge in [0.25, 0.3) is 0 Å². The molecular formula is C20H35NO2. The Balaban J connectivity index is 3.75. The highest BCUT2D eigenvalue weighted by atomic mass is 16.3. The first-order valence-corrected chi connectivity index (χ1v) is 9.03. The van der Waals surface area contributed by atoms with E-state index in [1.807, 2.05) is 18.2 Å². The molecule has 0 saturated carbocycles. The third-order valence-corrected chi connectivity index (χ3v) is 3.69. The lowest BCUT2D eigenvalue weighted by atomic mass is 10.1. The second-order valence-electron chi connectivity index (χ2n) is 6.13. The molecule has 0 radical (unpaired) electrons. The highest BCUT2D eigenvalue weighted by molar-refractivity contribution is 5.93. The van der Waals surface area contributed by atoms with Crippen molar-refractivity contribution >= 4 is 5.91 Å². The number of aliphatic hydroxyl groups is 1. The smallest absolute Gasteiger partial charge is 0.247 e. The molecule has 0 unspecified atom stereocenters. The molecule has 1 amide bonds. The molecular weight excluding hydrogens is 286 g/mol. The fourth-order valence-electron chi connectivity index (χ4n) is 2.12. The van der Waals surface area contributed by atoms with Gasteiger partial charge in [0.05, 0.1) is 6.61 Å². The van der Waals surface area contributed by atoms with Crippen LogP contribution in [0.4, 0.5) is 0 Å². The average Bonchev–Trinajstić information content (AvgIpc) is 2.55. The number of nitrogens with one attached hydrogen (secondary N) is 1. The number of carbonyl (C=O) groups is 1. The second-order valence-corrected chi connectivity index (χ2v) is 6.13. The summed E-state index contributed by atoms with van der Waals surface area (Å²) in [6, 6.07) is -0.211. The number of amides is 1. The van der Waals surface area contributed by atoms with Crippen molar-refractivity contribution in [3.63, 3.8) is 0 Å². The van der Waals surface area contributed by atoms with Crippen LogP contribution < -0.4 is 5.32 Å². The van der Waals surface area contributed by atoms with Crippen LogP contribution in [-0.2, 0) is 4.79 Å². The molecule has 0 spiro atoms. The van der Waals surface area contributed by atoms with Gasteiger partial charge in [0.1, 0.15) is 0 Å². The van der Waals surface area contributed by atoms with Crippen LogP contribution in [0, 0.1) is 0 Å². The minimum atomic E-state index is -0.211. The summed E-state index contributed by atoms with van der Waals surface area (Å²) in [4.78, 5) is 11.7. The van der Waals surface area contributed by atoms with Crippen LogP contribution in [0.1, 0.15) is 72.1 Å². The number of hydrogen-bond donors (Lipinski definition) is 2. The zero-order valence-electron chi connectivity index (χ0n) is 15.2. The first-order chi connectivity index (χ1) is 11.1. The monoisotopic (exact) mass is 321 g/mol. The van der Waals surface area contributed by atoms with Gasteiger partial charge in [-0.2, -0.15) is 0 Å². The van der Waals surface area contributed by atoms with E-state index in [4.69, 9.17) is 5.11 Å². The Hall–Kier alpha value is -1.35. The van der Waals surface area contributed by atoms with Gasteiger partial charge in [0.2, 0.25) is 5.91 Å². The lowest BCUT2D eigenvalue weighted by Gasteiger charge is -2.10. The summed E-state index contributed by atoms with van der Waals surface area (Å²) in [5.41, 5.74) is 0.641. The molecule has 0 bridgehead atoms. The van der Waals surface area contributed by atoms with Gasteiger partial charge in [0, 0.05) is 11.6 Å². The molecule has 1 atom stereocenters. The number of carbonyl (C=O) groups excluding carboxylic acids is 1. The summed E-state index contributed by atoms with van der Waals surface area (Å²) in [7, 11) is 0. The zero-order chi connectivity index (χ0) is 17.3. The van der Waals surface area contributed by atoms with Crippen molar-refractivity contribution < 1.29 is 9.90 Å². The van der Waals surface area contributed by atoms with Crippen molar-refractivity contribution in [1.29, 1.82) is 0 Å². The van der Waals surface area contributed by atoms with Gasteiger partial charge in [-0.15, -0.1) is 0 Å². The van der Waals surface area contributed by atoms with Gasteiger partial charge >= 0.3 is 0 Å². The van der Waals surface area contributed by atoms with E-state index in [9.17, 15) is 4.79 Å². The van der Waals surface area contributed by atoms with E-state index >= 15 is 0 Å². The van der Waals surface area contributed by atoms with Gasteiger partial charge in [-0.05, 0) is 26.7 Å². The van der Waals surface area contributed by atoms with Gasteiger partial charge in [-0.3, -0.25) is 4.79 Å². The van der Waals surface area contributed by atoms with Crippen LogP contribution in [0.2, 0.25) is 0 Å². The van der Waals surface area contributed by atoms with Crippen molar-refractivity contribution in [2.24, 2.45) is 0 Å². The molecule has 0 fully saturated rings. The second kappa shape index (κ2) is 15.5. The van der Waals surface area contributed by atoms with Crippen molar-refractivity contribution in [1.82, 2.24) is 5.32 Å². The molecule has 0 saturated heterocycles. The first kappa shape index (κ1) is 21.6. The maximum atomic E-state index is 11.7. The Bertz CT molecular complexity index is 383. The third kappa shape index (κ3) is 14.0. The summed E-state index contributed by atoms with van der Waals surface area (Å²) < 4.78 is 0. The first-order valence-electron chi connectivity index (χ1n) is 9.03. The van der Waals surface area contributed by atoms with Crippen LogP contribution in [0.3, 0.4) is 0 Å². The summed E-state index contributed by atoms with van der Waals surface area (Å²) in [6.07, 6.45) is 20.3. The minimum absolute atomic E-state index is 0.0454. The number of allylic oxidation sites excluding steroid dienone is 5. The molecule has 23 heavy (non-hydrogen) atoms. The van der Waals surface area contributed by atoms with Crippen LogP contribution in [-0.4, -0.2) is 23.7 Å². The normalized spacial score (nSPS) is 13.8. The lowest BCUT2D eigenvalue weighted by Crippen LogP contribution is -2.35. The van der Waals surface area contributed by atoms with E-state index in [1.54, 1.807) is 19.9 Å².